The molecule has 28 heavy (non-hydrogen) atoms. The first-order valence-electron chi connectivity index (χ1n) is 8.34. The Labute approximate surface area is 160 Å². The minimum Gasteiger partial charge on any atom is -0.508 e. The summed E-state index contributed by atoms with van der Waals surface area (Å²) in [5, 5.41) is 21.1. The Morgan fingerprint density at radius 1 is 1.11 bits per heavy atom. The van der Waals surface area contributed by atoms with E-state index in [4.69, 9.17) is 9.47 Å². The number of rotatable bonds is 7. The molecule has 0 atom stereocenters. The number of hydrogen-bond acceptors (Lipinski definition) is 8. The molecule has 144 valence electrons. The number of hydrogen-bond donors (Lipinski definition) is 3. The van der Waals surface area contributed by atoms with Crippen molar-refractivity contribution in [3.05, 3.63) is 69.6 Å². The average molecular weight is 381 g/mol. The Morgan fingerprint density at radius 2 is 1.86 bits per heavy atom. The van der Waals surface area contributed by atoms with Crippen LogP contribution in [0.1, 0.15) is 16.8 Å². The Hall–Kier alpha value is -3.88. The predicted octanol–water partition coefficient (Wildman–Crippen LogP) is 1.92. The second-order valence-electron chi connectivity index (χ2n) is 5.78. The summed E-state index contributed by atoms with van der Waals surface area (Å²) in [6.45, 7) is 0. The molecule has 0 bridgehead atoms. The Bertz CT molecular complexity index is 1030. The van der Waals surface area contributed by atoms with Gasteiger partial charge in [0.1, 0.15) is 11.4 Å². The fourth-order valence-corrected chi connectivity index (χ4v) is 2.44. The van der Waals surface area contributed by atoms with E-state index in [-0.39, 0.29) is 23.0 Å². The molecule has 0 spiro atoms. The number of nitrogens with zero attached hydrogens (tertiary/aromatic N) is 3. The van der Waals surface area contributed by atoms with Crippen LogP contribution in [0.2, 0.25) is 0 Å². The van der Waals surface area contributed by atoms with E-state index in [1.54, 1.807) is 50.6 Å². The molecule has 3 rings (SSSR count). The van der Waals surface area contributed by atoms with Crippen molar-refractivity contribution in [1.29, 1.82) is 0 Å². The monoisotopic (exact) mass is 381 g/mol. The number of ether oxygens (including phenoxy) is 2. The van der Waals surface area contributed by atoms with E-state index in [9.17, 15) is 9.90 Å². The normalized spacial score (nSPS) is 10.8. The molecule has 0 fully saturated rings. The van der Waals surface area contributed by atoms with Gasteiger partial charge < -0.3 is 14.6 Å². The van der Waals surface area contributed by atoms with Crippen LogP contribution in [0.5, 0.6) is 17.2 Å². The van der Waals surface area contributed by atoms with E-state index < -0.39 is 0 Å². The van der Waals surface area contributed by atoms with Gasteiger partial charge in [0.15, 0.2) is 11.5 Å². The summed E-state index contributed by atoms with van der Waals surface area (Å²) in [7, 11) is 3.11. The fourth-order valence-electron chi connectivity index (χ4n) is 2.44. The molecule has 0 saturated heterocycles. The molecule has 9 heteroatoms. The van der Waals surface area contributed by atoms with Crippen LogP contribution < -0.4 is 20.5 Å². The number of nitrogens with one attached hydrogen (secondary N) is 2. The van der Waals surface area contributed by atoms with Crippen LogP contribution in [0.4, 0.5) is 5.95 Å². The van der Waals surface area contributed by atoms with E-state index >= 15 is 0 Å². The second kappa shape index (κ2) is 8.67. The van der Waals surface area contributed by atoms with E-state index in [0.29, 0.717) is 17.9 Å². The summed E-state index contributed by atoms with van der Waals surface area (Å²) < 4.78 is 10.5. The quantitative estimate of drug-likeness (QED) is 0.422. The van der Waals surface area contributed by atoms with Crippen LogP contribution in [0.25, 0.3) is 0 Å². The largest absolute Gasteiger partial charge is 0.508 e. The fraction of sp³-hybridized carbons (Fsp3) is 0.158. The lowest BCUT2D eigenvalue weighted by atomic mass is 10.1. The van der Waals surface area contributed by atoms with Gasteiger partial charge >= 0.3 is 0 Å². The summed E-state index contributed by atoms with van der Waals surface area (Å²) in [6, 6.07) is 11.9. The first kappa shape index (κ1) is 18.9. The van der Waals surface area contributed by atoms with Crippen molar-refractivity contribution in [3.63, 3.8) is 0 Å². The van der Waals surface area contributed by atoms with Crippen LogP contribution in [0.15, 0.2) is 52.4 Å². The maximum absolute atomic E-state index is 12.3. The third-order valence-electron chi connectivity index (χ3n) is 3.86. The van der Waals surface area contributed by atoms with E-state index in [1.165, 1.54) is 6.21 Å². The summed E-state index contributed by atoms with van der Waals surface area (Å²) in [5.41, 5.74) is 4.12. The van der Waals surface area contributed by atoms with Crippen molar-refractivity contribution >= 4 is 12.2 Å². The molecule has 0 unspecified atom stereocenters. The van der Waals surface area contributed by atoms with Gasteiger partial charge in [0.2, 0.25) is 5.95 Å². The summed E-state index contributed by atoms with van der Waals surface area (Å²) in [4.78, 5) is 14.9. The molecule has 2 aromatic carbocycles. The van der Waals surface area contributed by atoms with Gasteiger partial charge in [-0.2, -0.15) is 5.10 Å². The van der Waals surface area contributed by atoms with Crippen LogP contribution in [0.3, 0.4) is 0 Å². The van der Waals surface area contributed by atoms with Gasteiger partial charge in [-0.05, 0) is 47.5 Å². The average Bonchev–Trinajstić information content (AvgIpc) is 2.71. The zero-order chi connectivity index (χ0) is 19.9. The number of H-pyrrole nitrogens is 1. The smallest absolute Gasteiger partial charge is 0.274 e. The summed E-state index contributed by atoms with van der Waals surface area (Å²) >= 11 is 0. The van der Waals surface area contributed by atoms with Crippen molar-refractivity contribution in [3.8, 4) is 17.2 Å². The molecule has 9 nitrogen and oxygen atoms in total. The number of anilines is 1. The first-order chi connectivity index (χ1) is 13.6. The van der Waals surface area contributed by atoms with Crippen LogP contribution in [-0.4, -0.2) is 40.7 Å². The number of aromatic amines is 1. The molecule has 0 aliphatic carbocycles. The minimum atomic E-state index is -0.368. The lowest BCUT2D eigenvalue weighted by molar-refractivity contribution is 0.354. The third-order valence-corrected chi connectivity index (χ3v) is 3.86. The van der Waals surface area contributed by atoms with Gasteiger partial charge in [0.05, 0.1) is 20.4 Å². The molecule has 0 amide bonds. The van der Waals surface area contributed by atoms with Crippen molar-refractivity contribution in [2.24, 2.45) is 5.10 Å². The highest BCUT2D eigenvalue weighted by Gasteiger charge is 2.09. The van der Waals surface area contributed by atoms with Gasteiger partial charge in [-0.3, -0.25) is 9.78 Å². The highest BCUT2D eigenvalue weighted by atomic mass is 16.5. The number of aromatic nitrogens is 3. The molecular weight excluding hydrogens is 362 g/mol. The lowest BCUT2D eigenvalue weighted by Gasteiger charge is -2.09. The van der Waals surface area contributed by atoms with Crippen LogP contribution >= 0.6 is 0 Å². The molecule has 3 aromatic rings. The number of aromatic hydroxyl groups is 1. The van der Waals surface area contributed by atoms with Crippen molar-refractivity contribution < 1.29 is 14.6 Å². The van der Waals surface area contributed by atoms with Gasteiger partial charge in [-0.25, -0.2) is 5.43 Å². The Kier molecular flexibility index (Phi) is 5.85. The number of methoxy groups -OCH3 is 2. The zero-order valence-corrected chi connectivity index (χ0v) is 15.3. The molecule has 1 aromatic heterocycles. The van der Waals surface area contributed by atoms with Gasteiger partial charge in [0.25, 0.3) is 5.56 Å². The minimum absolute atomic E-state index is 0.121. The van der Waals surface area contributed by atoms with Crippen LogP contribution in [0, 0.1) is 0 Å². The number of hydrazone groups is 1. The SMILES string of the molecule is COc1ccc(Cc2nnc(NN=Cc3ccc(O)cc3)[nH]c2=O)cc1OC. The third kappa shape index (κ3) is 4.64. The lowest BCUT2D eigenvalue weighted by Crippen LogP contribution is -2.18. The molecule has 0 saturated carbocycles. The maximum atomic E-state index is 12.3. The Morgan fingerprint density at radius 3 is 2.54 bits per heavy atom. The summed E-state index contributed by atoms with van der Waals surface area (Å²) in [5.74, 6) is 1.48. The van der Waals surface area contributed by atoms with Gasteiger partial charge in [0, 0.05) is 6.42 Å². The molecule has 0 aliphatic heterocycles. The molecule has 0 aliphatic rings. The van der Waals surface area contributed by atoms with E-state index in [2.05, 4.69) is 25.7 Å². The standard InChI is InChI=1S/C19H19N5O4/c1-27-16-8-5-13(10-17(16)28-2)9-15-18(26)21-19(24-22-15)23-20-11-12-3-6-14(25)7-4-12/h3-8,10-11,25H,9H2,1-2H3,(H2,21,23,24,26). The van der Waals surface area contributed by atoms with Crippen molar-refractivity contribution in [2.45, 2.75) is 6.42 Å². The topological polar surface area (TPSA) is 122 Å². The molecular formula is C19H19N5O4. The first-order valence-corrected chi connectivity index (χ1v) is 8.34. The highest BCUT2D eigenvalue weighted by molar-refractivity contribution is 5.80. The summed E-state index contributed by atoms with van der Waals surface area (Å²) in [6.07, 6.45) is 1.82. The Balaban J connectivity index is 1.68. The number of phenolic OH excluding ortho intramolecular Hbond substituents is 1. The highest BCUT2D eigenvalue weighted by Crippen LogP contribution is 2.28. The second-order valence-corrected chi connectivity index (χ2v) is 5.78. The van der Waals surface area contributed by atoms with Crippen molar-refractivity contribution in [2.75, 3.05) is 19.6 Å². The molecule has 0 radical (unpaired) electrons. The number of benzene rings is 2. The maximum Gasteiger partial charge on any atom is 0.274 e. The molecule has 1 heterocycles. The van der Waals surface area contributed by atoms with E-state index in [1.807, 2.05) is 6.07 Å². The number of phenols is 1. The van der Waals surface area contributed by atoms with Gasteiger partial charge in [-0.15, -0.1) is 10.2 Å². The van der Waals surface area contributed by atoms with Crippen molar-refractivity contribution in [1.82, 2.24) is 15.2 Å². The van der Waals surface area contributed by atoms with Gasteiger partial charge in [-0.1, -0.05) is 6.07 Å². The van der Waals surface area contributed by atoms with Crippen LogP contribution in [-0.2, 0) is 6.42 Å². The predicted molar refractivity (Wildman–Crippen MR) is 104 cm³/mol. The van der Waals surface area contributed by atoms with E-state index in [0.717, 1.165) is 11.1 Å². The molecule has 3 N–H and O–H groups in total. The zero-order valence-electron chi connectivity index (χ0n) is 15.3.